The van der Waals surface area contributed by atoms with Crippen LogP contribution in [-0.4, -0.2) is 13.1 Å². The smallest absolute Gasteiger partial charge is 0.00175 e. The maximum atomic E-state index is 3.25. The highest BCUT2D eigenvalue weighted by Gasteiger charge is 2.28. The van der Waals surface area contributed by atoms with E-state index in [1.54, 1.807) is 0 Å². The van der Waals surface area contributed by atoms with Gasteiger partial charge in [0.1, 0.15) is 0 Å². The Bertz CT molecular complexity index is 59.5. The molecule has 1 rings (SSSR count). The Labute approximate surface area is 58.8 Å². The third-order valence-electron chi connectivity index (χ3n) is 1.96. The van der Waals surface area contributed by atoms with E-state index in [1.165, 1.54) is 19.5 Å². The van der Waals surface area contributed by atoms with Crippen LogP contribution in [0, 0.1) is 5.41 Å². The zero-order valence-corrected chi connectivity index (χ0v) is 7.12. The lowest BCUT2D eigenvalue weighted by atomic mass is 9.82. The molecule has 0 aromatic rings. The van der Waals surface area contributed by atoms with Gasteiger partial charge in [-0.3, -0.25) is 0 Å². The van der Waals surface area contributed by atoms with Crippen molar-refractivity contribution in [1.29, 1.82) is 0 Å². The van der Waals surface area contributed by atoms with E-state index in [0.717, 1.165) is 0 Å². The van der Waals surface area contributed by atoms with Gasteiger partial charge in [0.05, 0.1) is 0 Å². The molecule has 1 saturated heterocycles. The van der Waals surface area contributed by atoms with E-state index in [1.807, 2.05) is 13.8 Å². The van der Waals surface area contributed by atoms with Crippen LogP contribution in [0.15, 0.2) is 0 Å². The number of nitrogens with one attached hydrogen (secondary N) is 1. The molecule has 1 nitrogen and oxygen atoms in total. The Hall–Kier alpha value is -0.0400. The Morgan fingerprint density at radius 2 is 1.78 bits per heavy atom. The van der Waals surface area contributed by atoms with Crippen LogP contribution in [0.1, 0.15) is 34.1 Å². The van der Waals surface area contributed by atoms with Crippen molar-refractivity contribution < 1.29 is 0 Å². The van der Waals surface area contributed by atoms with Gasteiger partial charge >= 0.3 is 0 Å². The summed E-state index contributed by atoms with van der Waals surface area (Å²) in [7, 11) is 0. The van der Waals surface area contributed by atoms with Crippen LogP contribution < -0.4 is 5.32 Å². The SMILES string of the molecule is CC.CCC1(C)CNC1. The summed E-state index contributed by atoms with van der Waals surface area (Å²) in [4.78, 5) is 0. The van der Waals surface area contributed by atoms with Crippen molar-refractivity contribution in [3.8, 4) is 0 Å². The summed E-state index contributed by atoms with van der Waals surface area (Å²) in [6, 6.07) is 0. The third kappa shape index (κ3) is 2.35. The van der Waals surface area contributed by atoms with Gasteiger partial charge in [0.2, 0.25) is 0 Å². The van der Waals surface area contributed by atoms with Crippen LogP contribution in [0.4, 0.5) is 0 Å². The van der Waals surface area contributed by atoms with Gasteiger partial charge in [0, 0.05) is 13.1 Å². The summed E-state index contributed by atoms with van der Waals surface area (Å²) in [5.41, 5.74) is 0.653. The summed E-state index contributed by atoms with van der Waals surface area (Å²) in [5.74, 6) is 0. The lowest BCUT2D eigenvalue weighted by Gasteiger charge is -2.38. The Morgan fingerprint density at radius 1 is 1.33 bits per heavy atom. The van der Waals surface area contributed by atoms with Crippen molar-refractivity contribution in [3.05, 3.63) is 0 Å². The predicted molar refractivity (Wildman–Crippen MR) is 42.6 cm³/mol. The van der Waals surface area contributed by atoms with Crippen LogP contribution in [0.5, 0.6) is 0 Å². The van der Waals surface area contributed by atoms with Gasteiger partial charge in [-0.05, 0) is 11.8 Å². The van der Waals surface area contributed by atoms with Crippen molar-refractivity contribution in [3.63, 3.8) is 0 Å². The van der Waals surface area contributed by atoms with Crippen molar-refractivity contribution in [1.82, 2.24) is 5.32 Å². The maximum absolute atomic E-state index is 3.25. The number of hydrogen-bond acceptors (Lipinski definition) is 1. The summed E-state index contributed by atoms with van der Waals surface area (Å²) >= 11 is 0. The average molecular weight is 129 g/mol. The Kier molecular flexibility index (Phi) is 3.87. The highest BCUT2D eigenvalue weighted by molar-refractivity contribution is 4.86. The van der Waals surface area contributed by atoms with E-state index < -0.39 is 0 Å². The van der Waals surface area contributed by atoms with E-state index in [2.05, 4.69) is 19.2 Å². The quantitative estimate of drug-likeness (QED) is 0.571. The predicted octanol–water partition coefficient (Wildman–Crippen LogP) is 2.03. The van der Waals surface area contributed by atoms with Crippen molar-refractivity contribution in [2.24, 2.45) is 5.41 Å². The molecule has 0 radical (unpaired) electrons. The highest BCUT2D eigenvalue weighted by Crippen LogP contribution is 2.24. The highest BCUT2D eigenvalue weighted by atomic mass is 15.0. The van der Waals surface area contributed by atoms with Crippen LogP contribution in [-0.2, 0) is 0 Å². The minimum atomic E-state index is 0.653. The molecule has 1 fully saturated rings. The zero-order valence-electron chi connectivity index (χ0n) is 7.12. The molecular formula is C8H19N. The van der Waals surface area contributed by atoms with E-state index in [0.29, 0.717) is 5.41 Å². The van der Waals surface area contributed by atoms with Gasteiger partial charge in [0.25, 0.3) is 0 Å². The molecule has 1 aliphatic heterocycles. The second-order valence-electron chi connectivity index (χ2n) is 2.77. The lowest BCUT2D eigenvalue weighted by Crippen LogP contribution is -2.50. The summed E-state index contributed by atoms with van der Waals surface area (Å²) in [6.07, 6.45) is 1.32. The summed E-state index contributed by atoms with van der Waals surface area (Å²) < 4.78 is 0. The fraction of sp³-hybridized carbons (Fsp3) is 1.00. The van der Waals surface area contributed by atoms with Crippen LogP contribution in [0.3, 0.4) is 0 Å². The van der Waals surface area contributed by atoms with Crippen LogP contribution in [0.25, 0.3) is 0 Å². The molecule has 0 bridgehead atoms. The molecule has 0 spiro atoms. The molecule has 1 aliphatic rings. The first kappa shape index (κ1) is 8.96. The Morgan fingerprint density at radius 3 is 1.78 bits per heavy atom. The minimum Gasteiger partial charge on any atom is -0.316 e. The molecule has 0 unspecified atom stereocenters. The average Bonchev–Trinajstić information content (AvgIpc) is 1.88. The monoisotopic (exact) mass is 129 g/mol. The topological polar surface area (TPSA) is 12.0 Å². The summed E-state index contributed by atoms with van der Waals surface area (Å²) in [5, 5.41) is 3.25. The molecule has 1 N–H and O–H groups in total. The fourth-order valence-corrected chi connectivity index (χ4v) is 0.802. The molecule has 0 aromatic carbocycles. The first-order valence-corrected chi connectivity index (χ1v) is 3.97. The maximum Gasteiger partial charge on any atom is 0.00175 e. The molecule has 0 aliphatic carbocycles. The third-order valence-corrected chi connectivity index (χ3v) is 1.96. The molecule has 9 heavy (non-hydrogen) atoms. The Balaban J connectivity index is 0.000000291. The fourth-order valence-electron chi connectivity index (χ4n) is 0.802. The van der Waals surface area contributed by atoms with Gasteiger partial charge in [-0.1, -0.05) is 27.7 Å². The molecular weight excluding hydrogens is 110 g/mol. The molecule has 0 saturated carbocycles. The molecule has 1 heteroatoms. The van der Waals surface area contributed by atoms with E-state index >= 15 is 0 Å². The first-order valence-electron chi connectivity index (χ1n) is 3.97. The standard InChI is InChI=1S/C6H13N.C2H6/c1-3-6(2)4-7-5-6;1-2/h7H,3-5H2,1-2H3;1-2H3. The van der Waals surface area contributed by atoms with Gasteiger partial charge in [-0.25, -0.2) is 0 Å². The number of hydrogen-bond donors (Lipinski definition) is 1. The normalized spacial score (nSPS) is 21.3. The largest absolute Gasteiger partial charge is 0.316 e. The van der Waals surface area contributed by atoms with Crippen molar-refractivity contribution in [2.45, 2.75) is 34.1 Å². The van der Waals surface area contributed by atoms with Crippen molar-refractivity contribution in [2.75, 3.05) is 13.1 Å². The molecule has 0 amide bonds. The summed E-state index contributed by atoms with van der Waals surface area (Å²) in [6.45, 7) is 11.0. The first-order chi connectivity index (χ1) is 4.27. The van der Waals surface area contributed by atoms with Crippen LogP contribution >= 0.6 is 0 Å². The van der Waals surface area contributed by atoms with Gasteiger partial charge in [-0.15, -0.1) is 0 Å². The second kappa shape index (κ2) is 3.89. The van der Waals surface area contributed by atoms with E-state index in [9.17, 15) is 0 Å². The van der Waals surface area contributed by atoms with E-state index in [-0.39, 0.29) is 0 Å². The van der Waals surface area contributed by atoms with Crippen LogP contribution in [0.2, 0.25) is 0 Å². The number of rotatable bonds is 1. The zero-order chi connectivity index (χ0) is 7.33. The van der Waals surface area contributed by atoms with Gasteiger partial charge in [0.15, 0.2) is 0 Å². The van der Waals surface area contributed by atoms with Gasteiger partial charge < -0.3 is 5.32 Å². The van der Waals surface area contributed by atoms with E-state index in [4.69, 9.17) is 0 Å². The molecule has 0 atom stereocenters. The van der Waals surface area contributed by atoms with Gasteiger partial charge in [-0.2, -0.15) is 0 Å². The molecule has 0 aromatic heterocycles. The lowest BCUT2D eigenvalue weighted by molar-refractivity contribution is 0.189. The second-order valence-corrected chi connectivity index (χ2v) is 2.77. The van der Waals surface area contributed by atoms with Crippen molar-refractivity contribution >= 4 is 0 Å². The molecule has 56 valence electrons. The minimum absolute atomic E-state index is 0.653. The molecule has 1 heterocycles.